The molecular formula is C16H25NO. The minimum Gasteiger partial charge on any atom is -0.374 e. The van der Waals surface area contributed by atoms with E-state index in [-0.39, 0.29) is 0 Å². The van der Waals surface area contributed by atoms with Crippen LogP contribution < -0.4 is 0 Å². The molecule has 0 heterocycles. The summed E-state index contributed by atoms with van der Waals surface area (Å²) in [5.41, 5.74) is 0. The number of hydrogen-bond acceptors (Lipinski definition) is 2. The molecule has 2 nitrogen and oxygen atoms in total. The smallest absolute Gasteiger partial charge is 0.0655 e. The van der Waals surface area contributed by atoms with Crippen LogP contribution in [0, 0.1) is 29.1 Å². The quantitative estimate of drug-likeness (QED) is 0.701. The van der Waals surface area contributed by atoms with Crippen molar-refractivity contribution in [1.82, 2.24) is 0 Å². The van der Waals surface area contributed by atoms with Gasteiger partial charge in [0.1, 0.15) is 0 Å². The van der Waals surface area contributed by atoms with Gasteiger partial charge < -0.3 is 4.74 Å². The number of nitrogens with zero attached hydrogens (tertiary/aromatic N) is 1. The van der Waals surface area contributed by atoms with E-state index >= 15 is 0 Å². The number of rotatable bonds is 4. The molecule has 2 aliphatic rings. The maximum Gasteiger partial charge on any atom is 0.0655 e. The molecule has 0 radical (unpaired) electrons. The molecule has 0 unspecified atom stereocenters. The van der Waals surface area contributed by atoms with Gasteiger partial charge in [0.25, 0.3) is 0 Å². The zero-order valence-corrected chi connectivity index (χ0v) is 11.3. The van der Waals surface area contributed by atoms with Gasteiger partial charge in [-0.2, -0.15) is 5.26 Å². The number of nitriles is 1. The Bertz CT molecular complexity index is 291. The van der Waals surface area contributed by atoms with Gasteiger partial charge in [-0.1, -0.05) is 6.08 Å². The van der Waals surface area contributed by atoms with Crippen LogP contribution in [-0.4, -0.2) is 12.7 Å². The largest absolute Gasteiger partial charge is 0.374 e. The number of ether oxygens (including phenoxy) is 1. The van der Waals surface area contributed by atoms with Crippen molar-refractivity contribution in [3.63, 3.8) is 0 Å². The zero-order valence-electron chi connectivity index (χ0n) is 11.3. The summed E-state index contributed by atoms with van der Waals surface area (Å²) >= 11 is 0. The molecular weight excluding hydrogens is 222 g/mol. The molecule has 0 aliphatic heterocycles. The van der Waals surface area contributed by atoms with E-state index in [1.807, 2.05) is 6.08 Å². The van der Waals surface area contributed by atoms with E-state index in [0.717, 1.165) is 24.7 Å². The molecule has 0 aromatic carbocycles. The third-order valence-electron chi connectivity index (χ3n) is 4.79. The van der Waals surface area contributed by atoms with Crippen molar-refractivity contribution in [3.8, 4) is 6.07 Å². The third kappa shape index (κ3) is 3.59. The first-order valence-corrected chi connectivity index (χ1v) is 7.45. The minimum absolute atomic E-state index is 0.341. The van der Waals surface area contributed by atoms with Crippen LogP contribution in [0.4, 0.5) is 0 Å². The summed E-state index contributed by atoms with van der Waals surface area (Å²) in [7, 11) is 0. The Kier molecular flexibility index (Phi) is 5.26. The Hall–Kier alpha value is -0.810. The lowest BCUT2D eigenvalue weighted by molar-refractivity contribution is 0.0221. The van der Waals surface area contributed by atoms with Crippen LogP contribution in [0.2, 0.25) is 0 Å². The van der Waals surface area contributed by atoms with Crippen LogP contribution in [-0.2, 0) is 4.74 Å². The van der Waals surface area contributed by atoms with Crippen molar-refractivity contribution < 1.29 is 4.74 Å². The predicted molar refractivity (Wildman–Crippen MR) is 73.0 cm³/mol. The Labute approximate surface area is 111 Å². The monoisotopic (exact) mass is 247 g/mol. The Morgan fingerprint density at radius 1 is 1.00 bits per heavy atom. The molecule has 2 rings (SSSR count). The molecule has 2 heteroatoms. The molecule has 0 spiro atoms. The second-order valence-electron chi connectivity index (χ2n) is 5.90. The fourth-order valence-electron chi connectivity index (χ4n) is 3.65. The first kappa shape index (κ1) is 13.6. The molecule has 0 saturated heterocycles. The topological polar surface area (TPSA) is 33.0 Å². The minimum atomic E-state index is 0.341. The highest BCUT2D eigenvalue weighted by atomic mass is 16.5. The molecule has 2 aliphatic carbocycles. The fourth-order valence-corrected chi connectivity index (χ4v) is 3.65. The Balaban J connectivity index is 1.70. The summed E-state index contributed by atoms with van der Waals surface area (Å²) in [6.45, 7) is 4.39. The van der Waals surface area contributed by atoms with Crippen LogP contribution in [0.3, 0.4) is 0 Å². The van der Waals surface area contributed by atoms with E-state index in [2.05, 4.69) is 12.6 Å². The zero-order chi connectivity index (χ0) is 12.8. The van der Waals surface area contributed by atoms with E-state index in [1.165, 1.54) is 38.5 Å². The summed E-state index contributed by atoms with van der Waals surface area (Å²) in [5, 5.41) is 8.93. The van der Waals surface area contributed by atoms with Crippen molar-refractivity contribution in [2.75, 3.05) is 6.61 Å². The van der Waals surface area contributed by atoms with Gasteiger partial charge >= 0.3 is 0 Å². The molecule has 100 valence electrons. The molecule has 2 fully saturated rings. The molecule has 18 heavy (non-hydrogen) atoms. The van der Waals surface area contributed by atoms with Crippen molar-refractivity contribution in [2.45, 2.75) is 57.5 Å². The lowest BCUT2D eigenvalue weighted by atomic mass is 9.71. The van der Waals surface area contributed by atoms with E-state index in [9.17, 15) is 0 Å². The Morgan fingerprint density at radius 3 is 2.06 bits per heavy atom. The standard InChI is InChI=1S/C16H25NO/c1-2-11-18-16-9-7-15(8-10-16)14-5-3-13(12-17)4-6-14/h2,13-16H,1,3-11H2. The molecule has 0 aromatic heterocycles. The van der Waals surface area contributed by atoms with E-state index < -0.39 is 0 Å². The van der Waals surface area contributed by atoms with Gasteiger partial charge in [0.05, 0.1) is 18.8 Å². The van der Waals surface area contributed by atoms with Gasteiger partial charge in [0.2, 0.25) is 0 Å². The second kappa shape index (κ2) is 6.95. The van der Waals surface area contributed by atoms with Gasteiger partial charge in [-0.15, -0.1) is 6.58 Å². The summed E-state index contributed by atoms with van der Waals surface area (Å²) in [6.07, 6.45) is 12.2. The summed E-state index contributed by atoms with van der Waals surface area (Å²) in [5.74, 6) is 2.12. The van der Waals surface area contributed by atoms with Crippen LogP contribution in [0.15, 0.2) is 12.7 Å². The van der Waals surface area contributed by atoms with Crippen LogP contribution in [0.25, 0.3) is 0 Å². The van der Waals surface area contributed by atoms with Gasteiger partial charge in [-0.3, -0.25) is 0 Å². The predicted octanol–water partition coefficient (Wildman–Crippen LogP) is 4.08. The Morgan fingerprint density at radius 2 is 1.56 bits per heavy atom. The van der Waals surface area contributed by atoms with Crippen LogP contribution in [0.1, 0.15) is 51.4 Å². The highest BCUT2D eigenvalue weighted by Crippen LogP contribution is 2.40. The SMILES string of the molecule is C=CCOC1CCC(C2CCC(C#N)CC2)CC1. The van der Waals surface area contributed by atoms with Crippen LogP contribution in [0.5, 0.6) is 0 Å². The first-order valence-electron chi connectivity index (χ1n) is 7.45. The normalized spacial score (nSPS) is 36.8. The van der Waals surface area contributed by atoms with Gasteiger partial charge in [-0.25, -0.2) is 0 Å². The molecule has 0 N–H and O–H groups in total. The molecule has 0 amide bonds. The first-order chi connectivity index (χ1) is 8.83. The molecule has 2 saturated carbocycles. The lowest BCUT2D eigenvalue weighted by Gasteiger charge is -2.36. The lowest BCUT2D eigenvalue weighted by Crippen LogP contribution is -2.28. The van der Waals surface area contributed by atoms with Crippen LogP contribution >= 0.6 is 0 Å². The van der Waals surface area contributed by atoms with Crippen molar-refractivity contribution >= 4 is 0 Å². The molecule has 0 bridgehead atoms. The molecule has 0 aromatic rings. The van der Waals surface area contributed by atoms with E-state index in [0.29, 0.717) is 18.6 Å². The highest BCUT2D eigenvalue weighted by Gasteiger charge is 2.30. The van der Waals surface area contributed by atoms with E-state index in [1.54, 1.807) is 0 Å². The van der Waals surface area contributed by atoms with Gasteiger partial charge in [0.15, 0.2) is 0 Å². The summed E-state index contributed by atoms with van der Waals surface area (Å²) in [6, 6.07) is 2.43. The van der Waals surface area contributed by atoms with Crippen molar-refractivity contribution in [1.29, 1.82) is 5.26 Å². The van der Waals surface area contributed by atoms with Crippen molar-refractivity contribution in [3.05, 3.63) is 12.7 Å². The fraction of sp³-hybridized carbons (Fsp3) is 0.812. The third-order valence-corrected chi connectivity index (χ3v) is 4.79. The summed E-state index contributed by atoms with van der Waals surface area (Å²) in [4.78, 5) is 0. The average molecular weight is 247 g/mol. The summed E-state index contributed by atoms with van der Waals surface area (Å²) < 4.78 is 5.74. The van der Waals surface area contributed by atoms with E-state index in [4.69, 9.17) is 10.00 Å². The van der Waals surface area contributed by atoms with Gasteiger partial charge in [0, 0.05) is 5.92 Å². The maximum absolute atomic E-state index is 8.93. The van der Waals surface area contributed by atoms with Crippen molar-refractivity contribution in [2.24, 2.45) is 17.8 Å². The molecule has 0 atom stereocenters. The average Bonchev–Trinajstić information content (AvgIpc) is 2.46. The number of hydrogen-bond donors (Lipinski definition) is 0. The highest BCUT2D eigenvalue weighted by molar-refractivity contribution is 4.89. The maximum atomic E-state index is 8.93. The van der Waals surface area contributed by atoms with Gasteiger partial charge in [-0.05, 0) is 63.2 Å². The second-order valence-corrected chi connectivity index (χ2v) is 5.90.